The van der Waals surface area contributed by atoms with E-state index in [-0.39, 0.29) is 44.0 Å². The fraction of sp³-hybridized carbons (Fsp3) is 0.483. The molecule has 0 aliphatic rings. The van der Waals surface area contributed by atoms with Gasteiger partial charge in [-0.15, -0.1) is 0 Å². The molecule has 0 heterocycles. The van der Waals surface area contributed by atoms with Crippen molar-refractivity contribution >= 4 is 17.9 Å². The highest BCUT2D eigenvalue weighted by Crippen LogP contribution is 2.11. The zero-order valence-electron chi connectivity index (χ0n) is 41.4. The van der Waals surface area contributed by atoms with E-state index in [0.717, 1.165) is 83.5 Å². The van der Waals surface area contributed by atoms with E-state index < -0.39 is 6.10 Å². The molecule has 0 radical (unpaired) electrons. The zero-order chi connectivity index (χ0) is 47.9. The molecule has 0 amide bonds. The number of allylic oxidation sites excluding steroid dienone is 28. The molecule has 0 rings (SSSR count). The summed E-state index contributed by atoms with van der Waals surface area (Å²) >= 11 is 0. The summed E-state index contributed by atoms with van der Waals surface area (Å²) in [5.74, 6) is -1.10. The maximum Gasteiger partial charge on any atom is 0.306 e. The third-order valence-electron chi connectivity index (χ3n) is 9.79. The Balaban J connectivity index is 4.66. The van der Waals surface area contributed by atoms with Gasteiger partial charge in [-0.1, -0.05) is 242 Å². The Labute approximate surface area is 402 Å². The number of hydrogen-bond donors (Lipinski definition) is 0. The van der Waals surface area contributed by atoms with Crippen molar-refractivity contribution in [1.29, 1.82) is 0 Å². The number of rotatable bonds is 42. The van der Waals surface area contributed by atoms with Crippen LogP contribution in [-0.2, 0) is 28.6 Å². The molecule has 0 spiro atoms. The third kappa shape index (κ3) is 49.8. The first-order chi connectivity index (χ1) is 32.5. The van der Waals surface area contributed by atoms with Crippen LogP contribution in [0.2, 0.25) is 0 Å². The second kappa shape index (κ2) is 52.4. The standard InChI is InChI=1S/C60H88O6/c1-4-7-10-13-16-19-22-25-27-29-31-32-35-38-41-44-47-50-53-59(62)65-56-57(55-64-58(61)52-49-46-43-40-37-34-24-21-18-15-12-9-6-3)66-60(63)54-51-48-45-42-39-36-33-30-28-26-23-20-17-14-11-8-5-2/h8-9,11-12,14-15,17-18,20-34,36-37,39-40,43,57H,4-7,10,13,16,19,35,38,41-42,44-56H2,1-3H3/b11-8-,12-9-,17-14-,18-15-,23-20-,24-21-,25-22-,28-26-,29-27-,32-31-,33-30+,37-34-,39-36-,43-40-. The molecule has 0 fully saturated rings. The van der Waals surface area contributed by atoms with E-state index in [1.165, 1.54) is 32.1 Å². The monoisotopic (exact) mass is 905 g/mol. The maximum absolute atomic E-state index is 12.8. The Morgan fingerprint density at radius 1 is 0.318 bits per heavy atom. The lowest BCUT2D eigenvalue weighted by Gasteiger charge is -2.18. The molecule has 6 heteroatoms. The third-order valence-corrected chi connectivity index (χ3v) is 9.79. The molecule has 0 N–H and O–H groups in total. The highest BCUT2D eigenvalue weighted by atomic mass is 16.6. The van der Waals surface area contributed by atoms with Crippen molar-refractivity contribution in [3.05, 3.63) is 170 Å². The number of hydrogen-bond acceptors (Lipinski definition) is 6. The predicted molar refractivity (Wildman–Crippen MR) is 283 cm³/mol. The summed E-state index contributed by atoms with van der Waals surface area (Å²) in [6.07, 6.45) is 77.6. The summed E-state index contributed by atoms with van der Waals surface area (Å²) in [6, 6.07) is 0. The SMILES string of the molecule is CC\C=C/C=C\C=C/C=C\C=C/CCCC(=O)OCC(COC(=O)CCCCCCC\C=C/C=C\C=C/CCCCCCC)OC(=O)CCCCC\C=C/C=C/C=C\C=C/C=C\C=C/CC. The molecular formula is C60H88O6. The highest BCUT2D eigenvalue weighted by molar-refractivity contribution is 5.71. The number of carbonyl (C=O) groups excluding carboxylic acids is 3. The number of esters is 3. The van der Waals surface area contributed by atoms with Crippen molar-refractivity contribution < 1.29 is 28.6 Å². The van der Waals surface area contributed by atoms with Crippen LogP contribution in [0.3, 0.4) is 0 Å². The number of carbonyl (C=O) groups is 3. The average molecular weight is 905 g/mol. The van der Waals surface area contributed by atoms with E-state index >= 15 is 0 Å². The molecule has 364 valence electrons. The van der Waals surface area contributed by atoms with E-state index in [1.807, 2.05) is 115 Å². The molecule has 0 aromatic heterocycles. The van der Waals surface area contributed by atoms with Crippen LogP contribution < -0.4 is 0 Å². The van der Waals surface area contributed by atoms with Gasteiger partial charge in [0.15, 0.2) is 6.10 Å². The van der Waals surface area contributed by atoms with Crippen molar-refractivity contribution in [3.8, 4) is 0 Å². The van der Waals surface area contributed by atoms with Crippen LogP contribution in [0.5, 0.6) is 0 Å². The fourth-order valence-electron chi connectivity index (χ4n) is 6.03. The second-order valence-corrected chi connectivity index (χ2v) is 15.9. The van der Waals surface area contributed by atoms with Gasteiger partial charge >= 0.3 is 17.9 Å². The van der Waals surface area contributed by atoms with Gasteiger partial charge in [0.05, 0.1) is 0 Å². The van der Waals surface area contributed by atoms with Gasteiger partial charge in [-0.25, -0.2) is 0 Å². The summed E-state index contributed by atoms with van der Waals surface area (Å²) in [4.78, 5) is 37.9. The summed E-state index contributed by atoms with van der Waals surface area (Å²) in [5, 5.41) is 0. The van der Waals surface area contributed by atoms with Crippen molar-refractivity contribution in [3.63, 3.8) is 0 Å². The second-order valence-electron chi connectivity index (χ2n) is 15.9. The first-order valence-corrected chi connectivity index (χ1v) is 25.3. The first-order valence-electron chi connectivity index (χ1n) is 25.3. The summed E-state index contributed by atoms with van der Waals surface area (Å²) in [5.41, 5.74) is 0. The van der Waals surface area contributed by atoms with E-state index in [9.17, 15) is 14.4 Å². The minimum Gasteiger partial charge on any atom is -0.462 e. The smallest absolute Gasteiger partial charge is 0.306 e. The Kier molecular flexibility index (Phi) is 48.2. The lowest BCUT2D eigenvalue weighted by atomic mass is 10.1. The van der Waals surface area contributed by atoms with Gasteiger partial charge in [0.25, 0.3) is 0 Å². The Morgan fingerprint density at radius 3 is 1.00 bits per heavy atom. The largest absolute Gasteiger partial charge is 0.462 e. The van der Waals surface area contributed by atoms with Gasteiger partial charge in [0.1, 0.15) is 13.2 Å². The maximum atomic E-state index is 12.8. The van der Waals surface area contributed by atoms with Crippen molar-refractivity contribution in [1.82, 2.24) is 0 Å². The Hall–Kier alpha value is -5.23. The van der Waals surface area contributed by atoms with E-state index in [4.69, 9.17) is 14.2 Å². The van der Waals surface area contributed by atoms with Crippen LogP contribution in [0.1, 0.15) is 168 Å². The normalized spacial score (nSPS) is 13.6. The molecular weight excluding hydrogens is 817 g/mol. The molecule has 0 bridgehead atoms. The van der Waals surface area contributed by atoms with Gasteiger partial charge < -0.3 is 14.2 Å². The van der Waals surface area contributed by atoms with Gasteiger partial charge in [0.2, 0.25) is 0 Å². The molecule has 0 saturated heterocycles. The van der Waals surface area contributed by atoms with Crippen LogP contribution in [-0.4, -0.2) is 37.2 Å². The van der Waals surface area contributed by atoms with Crippen LogP contribution >= 0.6 is 0 Å². The summed E-state index contributed by atoms with van der Waals surface area (Å²) in [7, 11) is 0. The molecule has 1 unspecified atom stereocenters. The molecule has 1 atom stereocenters. The van der Waals surface area contributed by atoms with Crippen molar-refractivity contribution in [2.75, 3.05) is 13.2 Å². The fourth-order valence-corrected chi connectivity index (χ4v) is 6.03. The van der Waals surface area contributed by atoms with E-state index in [1.54, 1.807) is 0 Å². The Morgan fingerprint density at radius 2 is 0.606 bits per heavy atom. The quantitative estimate of drug-likeness (QED) is 0.0263. The summed E-state index contributed by atoms with van der Waals surface area (Å²) in [6.45, 7) is 6.17. The van der Waals surface area contributed by atoms with Crippen LogP contribution in [0.15, 0.2) is 170 Å². The van der Waals surface area contributed by atoms with Gasteiger partial charge in [-0.2, -0.15) is 0 Å². The van der Waals surface area contributed by atoms with Crippen LogP contribution in [0.4, 0.5) is 0 Å². The minimum atomic E-state index is -0.848. The molecule has 66 heavy (non-hydrogen) atoms. The summed E-state index contributed by atoms with van der Waals surface area (Å²) < 4.78 is 16.7. The van der Waals surface area contributed by atoms with Gasteiger partial charge in [0, 0.05) is 19.3 Å². The zero-order valence-corrected chi connectivity index (χ0v) is 41.4. The van der Waals surface area contributed by atoms with Gasteiger partial charge in [-0.05, 0) is 77.0 Å². The molecule has 0 saturated carbocycles. The highest BCUT2D eigenvalue weighted by Gasteiger charge is 2.19. The molecule has 0 aliphatic carbocycles. The average Bonchev–Trinajstić information content (AvgIpc) is 3.31. The van der Waals surface area contributed by atoms with Crippen molar-refractivity contribution in [2.45, 2.75) is 175 Å². The lowest BCUT2D eigenvalue weighted by Crippen LogP contribution is -2.30. The van der Waals surface area contributed by atoms with Gasteiger partial charge in [-0.3, -0.25) is 14.4 Å². The van der Waals surface area contributed by atoms with Crippen molar-refractivity contribution in [2.24, 2.45) is 0 Å². The van der Waals surface area contributed by atoms with E-state index in [0.29, 0.717) is 19.3 Å². The molecule has 0 aromatic rings. The number of ether oxygens (including phenoxy) is 3. The predicted octanol–water partition coefficient (Wildman–Crippen LogP) is 16.8. The molecule has 0 aliphatic heterocycles. The molecule has 0 aromatic carbocycles. The molecule has 6 nitrogen and oxygen atoms in total. The minimum absolute atomic E-state index is 0.139. The van der Waals surface area contributed by atoms with Crippen LogP contribution in [0, 0.1) is 0 Å². The topological polar surface area (TPSA) is 78.9 Å². The van der Waals surface area contributed by atoms with Crippen LogP contribution in [0.25, 0.3) is 0 Å². The first kappa shape index (κ1) is 60.8. The Bertz CT molecular complexity index is 1600. The lowest BCUT2D eigenvalue weighted by molar-refractivity contribution is -0.167. The number of unbranched alkanes of at least 4 members (excludes halogenated alkanes) is 14. The van der Waals surface area contributed by atoms with E-state index in [2.05, 4.69) is 75.5 Å².